The van der Waals surface area contributed by atoms with Gasteiger partial charge in [-0.25, -0.2) is 15.0 Å². The maximum absolute atomic E-state index is 10.2. The highest BCUT2D eigenvalue weighted by atomic mass is 16.6. The maximum Gasteiger partial charge on any atom is 0.167 e. The lowest BCUT2D eigenvalue weighted by Crippen LogP contribution is -2.33. The summed E-state index contributed by atoms with van der Waals surface area (Å²) < 4.78 is 7.09. The Labute approximate surface area is 149 Å². The summed E-state index contributed by atoms with van der Waals surface area (Å²) in [6.07, 6.45) is 1.73. The largest absolute Gasteiger partial charge is 0.394 e. The molecule has 1 aliphatic heterocycles. The zero-order chi connectivity index (χ0) is 18.3. The first-order chi connectivity index (χ1) is 12.6. The number of nitrogens with zero attached hydrogens (tertiary/aromatic N) is 4. The Morgan fingerprint density at radius 2 is 1.85 bits per heavy atom. The number of aromatic nitrogens is 4. The van der Waals surface area contributed by atoms with E-state index in [-0.39, 0.29) is 12.1 Å². The first-order valence-corrected chi connectivity index (χ1v) is 8.83. The summed E-state index contributed by atoms with van der Waals surface area (Å²) in [4.78, 5) is 12.9. The summed E-state index contributed by atoms with van der Waals surface area (Å²) in [6, 6.07) is 0.204. The quantitative estimate of drug-likeness (QED) is 0.468. The summed E-state index contributed by atoms with van der Waals surface area (Å²) >= 11 is 0. The van der Waals surface area contributed by atoms with Gasteiger partial charge in [0.2, 0.25) is 0 Å². The molecule has 26 heavy (non-hydrogen) atoms. The van der Waals surface area contributed by atoms with Crippen LogP contribution in [-0.2, 0) is 4.74 Å². The fourth-order valence-electron chi connectivity index (χ4n) is 3.67. The minimum Gasteiger partial charge on any atom is -0.394 e. The van der Waals surface area contributed by atoms with Crippen molar-refractivity contribution in [2.75, 3.05) is 11.9 Å². The van der Waals surface area contributed by atoms with Gasteiger partial charge in [-0.3, -0.25) is 4.57 Å². The number of ether oxygens (including phenoxy) is 1. The van der Waals surface area contributed by atoms with Gasteiger partial charge in [0.25, 0.3) is 0 Å². The molecule has 0 radical (unpaired) electrons. The third-order valence-electron chi connectivity index (χ3n) is 5.19. The summed E-state index contributed by atoms with van der Waals surface area (Å²) in [5, 5.41) is 42.4. The highest BCUT2D eigenvalue weighted by molar-refractivity contribution is 5.82. The predicted octanol–water partition coefficient (Wildman–Crippen LogP) is -0.847. The second-order valence-electron chi connectivity index (χ2n) is 6.92. The minimum absolute atomic E-state index is 0.204. The fraction of sp³-hybridized carbons (Fsp3) is 0.688. The molecule has 3 heterocycles. The Kier molecular flexibility index (Phi) is 4.76. The minimum atomic E-state index is -1.20. The van der Waals surface area contributed by atoms with Crippen molar-refractivity contribution in [3.8, 4) is 0 Å². The number of aliphatic hydroxyl groups excluding tert-OH is 4. The summed E-state index contributed by atoms with van der Waals surface area (Å²) in [5.41, 5.74) is 1.00. The molecule has 1 aliphatic carbocycles. The maximum atomic E-state index is 10.2. The number of hydrogen-bond donors (Lipinski definition) is 5. The Morgan fingerprint density at radius 1 is 1.08 bits per heavy atom. The lowest BCUT2D eigenvalue weighted by Gasteiger charge is -2.26. The Balaban J connectivity index is 1.59. The third kappa shape index (κ3) is 3.03. The van der Waals surface area contributed by atoms with Gasteiger partial charge in [0.05, 0.1) is 19.0 Å². The highest BCUT2D eigenvalue weighted by Gasteiger charge is 2.44. The third-order valence-corrected chi connectivity index (χ3v) is 5.19. The van der Waals surface area contributed by atoms with Gasteiger partial charge in [-0.05, 0) is 25.7 Å². The number of anilines is 1. The molecular weight excluding hydrogens is 342 g/mol. The van der Waals surface area contributed by atoms with E-state index >= 15 is 0 Å². The van der Waals surface area contributed by atoms with Gasteiger partial charge in [0.1, 0.15) is 24.6 Å². The van der Waals surface area contributed by atoms with Gasteiger partial charge < -0.3 is 30.5 Å². The number of fused-ring (bicyclic) bond motifs is 1. The first-order valence-electron chi connectivity index (χ1n) is 8.83. The molecule has 10 heteroatoms. The molecule has 4 atom stereocenters. The van der Waals surface area contributed by atoms with Crippen LogP contribution in [0.2, 0.25) is 0 Å². The van der Waals surface area contributed by atoms with Crippen LogP contribution in [0.5, 0.6) is 0 Å². The van der Waals surface area contributed by atoms with Gasteiger partial charge in [-0.1, -0.05) is 0 Å². The first kappa shape index (κ1) is 17.6. The van der Waals surface area contributed by atoms with Crippen LogP contribution in [-0.4, -0.2) is 77.0 Å². The highest BCUT2D eigenvalue weighted by Crippen LogP contribution is 2.32. The Morgan fingerprint density at radius 3 is 2.54 bits per heavy atom. The van der Waals surface area contributed by atoms with Crippen LogP contribution >= 0.6 is 0 Å². The average molecular weight is 365 g/mol. The number of aliphatic hydroxyl groups is 4. The van der Waals surface area contributed by atoms with Crippen LogP contribution in [0.1, 0.15) is 31.9 Å². The molecular formula is C16H23N5O5. The summed E-state index contributed by atoms with van der Waals surface area (Å²) in [5.74, 6) is 0.585. The Bertz CT molecular complexity index is 763. The topological polar surface area (TPSA) is 146 Å². The summed E-state index contributed by atoms with van der Waals surface area (Å²) in [7, 11) is 0. The van der Waals surface area contributed by atoms with Crippen molar-refractivity contribution in [2.45, 2.75) is 62.4 Å². The molecule has 2 aromatic heterocycles. The second-order valence-corrected chi connectivity index (χ2v) is 6.92. The van der Waals surface area contributed by atoms with E-state index in [4.69, 9.17) is 4.74 Å². The molecule has 0 spiro atoms. The van der Waals surface area contributed by atoms with Crippen LogP contribution in [0.15, 0.2) is 12.7 Å². The van der Waals surface area contributed by atoms with E-state index in [0.29, 0.717) is 17.0 Å². The van der Waals surface area contributed by atoms with Crippen LogP contribution in [0.4, 0.5) is 5.82 Å². The van der Waals surface area contributed by atoms with Crippen LogP contribution in [0.25, 0.3) is 11.2 Å². The zero-order valence-electron chi connectivity index (χ0n) is 14.1. The molecule has 2 fully saturated rings. The predicted molar refractivity (Wildman–Crippen MR) is 90.2 cm³/mol. The van der Waals surface area contributed by atoms with Gasteiger partial charge >= 0.3 is 0 Å². The number of imidazole rings is 1. The van der Waals surface area contributed by atoms with Crippen LogP contribution < -0.4 is 5.32 Å². The van der Waals surface area contributed by atoms with Crippen molar-refractivity contribution in [3.05, 3.63) is 12.7 Å². The molecule has 2 aliphatic rings. The molecule has 2 aromatic rings. The van der Waals surface area contributed by atoms with Crippen molar-refractivity contribution < 1.29 is 25.2 Å². The smallest absolute Gasteiger partial charge is 0.167 e. The fourth-order valence-corrected chi connectivity index (χ4v) is 3.67. The molecule has 1 saturated carbocycles. The van der Waals surface area contributed by atoms with E-state index in [1.807, 2.05) is 0 Å². The van der Waals surface area contributed by atoms with Crippen molar-refractivity contribution >= 4 is 17.0 Å². The van der Waals surface area contributed by atoms with Crippen molar-refractivity contribution in [1.82, 2.24) is 19.5 Å². The zero-order valence-corrected chi connectivity index (χ0v) is 14.1. The van der Waals surface area contributed by atoms with Crippen LogP contribution in [0, 0.1) is 0 Å². The SMILES string of the molecule is OC[C@H]1O[C@@H](n2cnc3c(N[C@H]4CC[C@H](O)CC4)ncnc32)[C@H](O)[C@@H]1O. The molecule has 5 N–H and O–H groups in total. The van der Waals surface area contributed by atoms with E-state index in [2.05, 4.69) is 20.3 Å². The van der Waals surface area contributed by atoms with E-state index < -0.39 is 31.1 Å². The monoisotopic (exact) mass is 365 g/mol. The van der Waals surface area contributed by atoms with E-state index in [1.165, 1.54) is 17.2 Å². The van der Waals surface area contributed by atoms with E-state index in [9.17, 15) is 20.4 Å². The van der Waals surface area contributed by atoms with E-state index in [0.717, 1.165) is 25.7 Å². The molecule has 10 nitrogen and oxygen atoms in total. The lowest BCUT2D eigenvalue weighted by molar-refractivity contribution is -0.0511. The molecule has 1 saturated heterocycles. The van der Waals surface area contributed by atoms with E-state index in [1.54, 1.807) is 0 Å². The molecule has 0 bridgehead atoms. The molecule has 0 unspecified atom stereocenters. The second kappa shape index (κ2) is 7.05. The average Bonchev–Trinajstić information content (AvgIpc) is 3.19. The molecule has 142 valence electrons. The number of hydrogen-bond acceptors (Lipinski definition) is 9. The Hall–Kier alpha value is -1.85. The standard InChI is InChI=1S/C16H23N5O5/c22-5-10-12(24)13(25)16(26-10)21-7-19-11-14(17-6-18-15(11)21)20-8-1-3-9(23)4-2-8/h6-10,12-13,16,22-25H,1-5H2,(H,17,18,20)/t8-,9-,10-,12-,13-,16-/m1/s1. The van der Waals surface area contributed by atoms with Crippen LogP contribution in [0.3, 0.4) is 0 Å². The van der Waals surface area contributed by atoms with Crippen molar-refractivity contribution in [1.29, 1.82) is 0 Å². The van der Waals surface area contributed by atoms with Crippen molar-refractivity contribution in [3.63, 3.8) is 0 Å². The number of rotatable bonds is 4. The normalized spacial score (nSPS) is 35.1. The molecule has 0 aromatic carbocycles. The van der Waals surface area contributed by atoms with Crippen molar-refractivity contribution in [2.24, 2.45) is 0 Å². The summed E-state index contributed by atoms with van der Waals surface area (Å²) in [6.45, 7) is -0.392. The van der Waals surface area contributed by atoms with Gasteiger partial charge in [-0.15, -0.1) is 0 Å². The van der Waals surface area contributed by atoms with Gasteiger partial charge in [-0.2, -0.15) is 0 Å². The van der Waals surface area contributed by atoms with Gasteiger partial charge in [0, 0.05) is 6.04 Å². The number of nitrogens with one attached hydrogen (secondary N) is 1. The van der Waals surface area contributed by atoms with Gasteiger partial charge in [0.15, 0.2) is 23.2 Å². The molecule has 0 amide bonds. The lowest BCUT2D eigenvalue weighted by atomic mass is 9.93. The molecule has 4 rings (SSSR count).